The molecule has 66 valence electrons. The van der Waals surface area contributed by atoms with Gasteiger partial charge in [-0.1, -0.05) is 18.2 Å². The third-order valence-electron chi connectivity index (χ3n) is 1.39. The molecular formula is C8H8ClFO2. The van der Waals surface area contributed by atoms with Gasteiger partial charge in [0.2, 0.25) is 0 Å². The Morgan fingerprint density at radius 2 is 2.00 bits per heavy atom. The van der Waals surface area contributed by atoms with Gasteiger partial charge in [-0.15, -0.1) is 12.4 Å². The molecule has 0 aliphatic carbocycles. The summed E-state index contributed by atoms with van der Waals surface area (Å²) in [5.41, 5.74) is 0.259. The third kappa shape index (κ3) is 2.20. The van der Waals surface area contributed by atoms with E-state index in [2.05, 4.69) is 0 Å². The van der Waals surface area contributed by atoms with E-state index in [9.17, 15) is 9.18 Å². The van der Waals surface area contributed by atoms with Crippen LogP contribution in [-0.2, 0) is 6.67 Å². The Kier molecular flexibility index (Phi) is 4.29. The molecule has 0 atom stereocenters. The zero-order valence-electron chi connectivity index (χ0n) is 6.16. The molecule has 0 aliphatic rings. The normalized spacial score (nSPS) is 8.75. The van der Waals surface area contributed by atoms with Crippen LogP contribution in [-0.4, -0.2) is 11.1 Å². The molecule has 0 heterocycles. The van der Waals surface area contributed by atoms with Crippen LogP contribution in [0.4, 0.5) is 4.39 Å². The molecule has 0 spiro atoms. The van der Waals surface area contributed by atoms with Gasteiger partial charge in [0.15, 0.2) is 0 Å². The van der Waals surface area contributed by atoms with Gasteiger partial charge in [-0.25, -0.2) is 9.18 Å². The summed E-state index contributed by atoms with van der Waals surface area (Å²) in [6, 6.07) is 6.03. The zero-order chi connectivity index (χ0) is 8.27. The van der Waals surface area contributed by atoms with Crippen LogP contribution >= 0.6 is 12.4 Å². The van der Waals surface area contributed by atoms with Gasteiger partial charge in [-0.05, 0) is 11.6 Å². The van der Waals surface area contributed by atoms with Crippen molar-refractivity contribution < 1.29 is 14.3 Å². The molecule has 1 rings (SSSR count). The van der Waals surface area contributed by atoms with E-state index < -0.39 is 12.6 Å². The fourth-order valence-electron chi connectivity index (χ4n) is 0.845. The predicted molar refractivity (Wildman–Crippen MR) is 45.5 cm³/mol. The smallest absolute Gasteiger partial charge is 0.336 e. The Hall–Kier alpha value is -1.09. The molecule has 0 bridgehead atoms. The first kappa shape index (κ1) is 10.9. The minimum Gasteiger partial charge on any atom is -0.478 e. The van der Waals surface area contributed by atoms with Crippen LogP contribution in [0, 0.1) is 0 Å². The van der Waals surface area contributed by atoms with E-state index in [0.717, 1.165) is 0 Å². The first-order valence-electron chi connectivity index (χ1n) is 3.13. The van der Waals surface area contributed by atoms with Crippen LogP contribution in [0.25, 0.3) is 0 Å². The van der Waals surface area contributed by atoms with E-state index in [-0.39, 0.29) is 23.5 Å². The average Bonchev–Trinajstić information content (AvgIpc) is 2.04. The second-order valence-electron chi connectivity index (χ2n) is 2.10. The second-order valence-corrected chi connectivity index (χ2v) is 2.10. The van der Waals surface area contributed by atoms with Crippen molar-refractivity contribution in [3.05, 3.63) is 35.4 Å². The van der Waals surface area contributed by atoms with Crippen molar-refractivity contribution in [1.29, 1.82) is 0 Å². The van der Waals surface area contributed by atoms with E-state index in [1.807, 2.05) is 0 Å². The van der Waals surface area contributed by atoms with Crippen LogP contribution in [0.3, 0.4) is 0 Å². The lowest BCUT2D eigenvalue weighted by Gasteiger charge is -1.98. The maximum atomic E-state index is 12.1. The number of carbonyl (C=O) groups is 1. The maximum Gasteiger partial charge on any atom is 0.336 e. The van der Waals surface area contributed by atoms with Gasteiger partial charge in [-0.3, -0.25) is 0 Å². The monoisotopic (exact) mass is 190 g/mol. The molecule has 0 saturated carbocycles. The molecule has 1 aromatic carbocycles. The number of hydrogen-bond acceptors (Lipinski definition) is 1. The summed E-state index contributed by atoms with van der Waals surface area (Å²) in [5.74, 6) is -1.08. The van der Waals surface area contributed by atoms with E-state index >= 15 is 0 Å². The van der Waals surface area contributed by atoms with E-state index in [1.165, 1.54) is 12.1 Å². The lowest BCUT2D eigenvalue weighted by atomic mass is 10.1. The van der Waals surface area contributed by atoms with Crippen molar-refractivity contribution in [1.82, 2.24) is 0 Å². The molecule has 0 radical (unpaired) electrons. The number of alkyl halides is 1. The largest absolute Gasteiger partial charge is 0.478 e. The molecule has 0 aliphatic heterocycles. The molecular weight excluding hydrogens is 183 g/mol. The molecule has 2 nitrogen and oxygen atoms in total. The minimum absolute atomic E-state index is 0. The topological polar surface area (TPSA) is 37.3 Å². The molecule has 0 fully saturated rings. The van der Waals surface area contributed by atoms with Gasteiger partial charge in [-0.2, -0.15) is 0 Å². The first-order valence-corrected chi connectivity index (χ1v) is 3.13. The van der Waals surface area contributed by atoms with Crippen LogP contribution in [0.15, 0.2) is 24.3 Å². The van der Waals surface area contributed by atoms with Crippen LogP contribution < -0.4 is 0 Å². The number of hydrogen-bond donors (Lipinski definition) is 1. The highest BCUT2D eigenvalue weighted by Gasteiger charge is 2.06. The van der Waals surface area contributed by atoms with Gasteiger partial charge in [0.05, 0.1) is 5.56 Å². The second kappa shape index (κ2) is 4.72. The standard InChI is InChI=1S/C8H7FO2.ClH/c9-5-6-3-1-2-4-7(6)8(10)11;/h1-4H,5H2,(H,10,11);1H. The molecule has 12 heavy (non-hydrogen) atoms. The van der Waals surface area contributed by atoms with Gasteiger partial charge in [0, 0.05) is 0 Å². The average molecular weight is 191 g/mol. The van der Waals surface area contributed by atoms with Crippen molar-refractivity contribution in [2.24, 2.45) is 0 Å². The van der Waals surface area contributed by atoms with Crippen LogP contribution in [0.2, 0.25) is 0 Å². The first-order chi connectivity index (χ1) is 5.25. The minimum atomic E-state index is -1.08. The maximum absolute atomic E-state index is 12.1. The lowest BCUT2D eigenvalue weighted by Crippen LogP contribution is -2.00. The van der Waals surface area contributed by atoms with Crippen molar-refractivity contribution >= 4 is 18.4 Å². The highest BCUT2D eigenvalue weighted by atomic mass is 35.5. The van der Waals surface area contributed by atoms with Crippen molar-refractivity contribution in [3.8, 4) is 0 Å². The number of carboxylic acids is 1. The van der Waals surface area contributed by atoms with Gasteiger partial charge in [0.1, 0.15) is 6.67 Å². The Morgan fingerprint density at radius 3 is 2.42 bits per heavy atom. The third-order valence-corrected chi connectivity index (χ3v) is 1.39. The highest BCUT2D eigenvalue weighted by Crippen LogP contribution is 2.09. The Morgan fingerprint density at radius 1 is 1.42 bits per heavy atom. The Balaban J connectivity index is 0.00000121. The lowest BCUT2D eigenvalue weighted by molar-refractivity contribution is 0.0695. The van der Waals surface area contributed by atoms with Crippen molar-refractivity contribution in [3.63, 3.8) is 0 Å². The van der Waals surface area contributed by atoms with Gasteiger partial charge >= 0.3 is 5.97 Å². The van der Waals surface area contributed by atoms with Crippen LogP contribution in [0.1, 0.15) is 15.9 Å². The summed E-state index contributed by atoms with van der Waals surface area (Å²) in [5, 5.41) is 8.53. The number of aromatic carboxylic acids is 1. The molecule has 4 heteroatoms. The fourth-order valence-corrected chi connectivity index (χ4v) is 0.845. The van der Waals surface area contributed by atoms with Crippen LogP contribution in [0.5, 0.6) is 0 Å². The molecule has 0 aromatic heterocycles. The van der Waals surface area contributed by atoms with E-state index in [1.54, 1.807) is 12.1 Å². The molecule has 0 saturated heterocycles. The van der Waals surface area contributed by atoms with E-state index in [0.29, 0.717) is 0 Å². The Bertz CT molecular complexity index is 276. The van der Waals surface area contributed by atoms with Gasteiger partial charge < -0.3 is 5.11 Å². The van der Waals surface area contributed by atoms with Gasteiger partial charge in [0.25, 0.3) is 0 Å². The zero-order valence-corrected chi connectivity index (χ0v) is 6.97. The summed E-state index contributed by atoms with van der Waals surface area (Å²) < 4.78 is 12.1. The Labute approximate surface area is 75.4 Å². The molecule has 1 N–H and O–H groups in total. The van der Waals surface area contributed by atoms with Crippen molar-refractivity contribution in [2.75, 3.05) is 0 Å². The number of rotatable bonds is 2. The molecule has 0 unspecified atom stereocenters. The fraction of sp³-hybridized carbons (Fsp3) is 0.125. The summed E-state index contributed by atoms with van der Waals surface area (Å²) >= 11 is 0. The molecule has 1 aromatic rings. The number of carboxylic acid groups (broad SMARTS) is 1. The summed E-state index contributed by atoms with van der Waals surface area (Å²) in [6.45, 7) is -0.734. The van der Waals surface area contributed by atoms with E-state index in [4.69, 9.17) is 5.11 Å². The summed E-state index contributed by atoms with van der Waals surface area (Å²) in [4.78, 5) is 10.4. The molecule has 0 amide bonds. The summed E-state index contributed by atoms with van der Waals surface area (Å²) in [6.07, 6.45) is 0. The summed E-state index contributed by atoms with van der Waals surface area (Å²) in [7, 11) is 0. The quantitative estimate of drug-likeness (QED) is 0.777. The number of benzene rings is 1. The predicted octanol–water partition coefficient (Wildman–Crippen LogP) is 2.28. The van der Waals surface area contributed by atoms with Crippen molar-refractivity contribution in [2.45, 2.75) is 6.67 Å². The SMILES string of the molecule is Cl.O=C(O)c1ccccc1CF. The highest BCUT2D eigenvalue weighted by molar-refractivity contribution is 5.89. The number of halogens is 2.